The zero-order valence-corrected chi connectivity index (χ0v) is 11.7. The highest BCUT2D eigenvalue weighted by atomic mass is 31.1. The van der Waals surface area contributed by atoms with Crippen molar-refractivity contribution in [2.24, 2.45) is 5.92 Å². The van der Waals surface area contributed by atoms with Crippen molar-refractivity contribution in [3.05, 3.63) is 30.3 Å². The number of carboxylic acid groups (broad SMARTS) is 2. The van der Waals surface area contributed by atoms with Crippen molar-refractivity contribution in [2.75, 3.05) is 12.5 Å². The van der Waals surface area contributed by atoms with Crippen LogP contribution in [0, 0.1) is 5.92 Å². The van der Waals surface area contributed by atoms with Crippen molar-refractivity contribution < 1.29 is 29.4 Å². The Labute approximate surface area is 117 Å². The molecule has 20 heavy (non-hydrogen) atoms. The topological polar surface area (TPSA) is 104 Å². The molecule has 2 unspecified atom stereocenters. The first kappa shape index (κ1) is 16.4. The van der Waals surface area contributed by atoms with E-state index in [0.29, 0.717) is 5.75 Å². The molecule has 2 atom stereocenters. The van der Waals surface area contributed by atoms with E-state index in [1.165, 1.54) is 0 Å². The van der Waals surface area contributed by atoms with Crippen LogP contribution >= 0.6 is 8.15 Å². The van der Waals surface area contributed by atoms with E-state index in [9.17, 15) is 14.5 Å². The summed E-state index contributed by atoms with van der Waals surface area (Å²) in [6, 6.07) is 8.90. The van der Waals surface area contributed by atoms with E-state index >= 15 is 0 Å². The lowest BCUT2D eigenvalue weighted by atomic mass is 10.1. The quantitative estimate of drug-likeness (QED) is 0.602. The summed E-state index contributed by atoms with van der Waals surface area (Å²) in [5.41, 5.74) is 0. The fraction of sp³-hybridized carbons (Fsp3) is 0.385. The van der Waals surface area contributed by atoms with Gasteiger partial charge >= 0.3 is 11.9 Å². The molecule has 0 fully saturated rings. The summed E-state index contributed by atoms with van der Waals surface area (Å²) >= 11 is 0. The van der Waals surface area contributed by atoms with Crippen LogP contribution in [-0.4, -0.2) is 39.6 Å². The lowest BCUT2D eigenvalue weighted by Crippen LogP contribution is -2.19. The second-order valence-corrected chi connectivity index (χ2v) is 5.88. The van der Waals surface area contributed by atoms with Crippen molar-refractivity contribution in [3.8, 4) is 5.75 Å². The van der Waals surface area contributed by atoms with Gasteiger partial charge in [-0.1, -0.05) is 18.2 Å². The Hall–Kier alpha value is -1.65. The van der Waals surface area contributed by atoms with E-state index in [2.05, 4.69) is 0 Å². The molecule has 6 nitrogen and oxygen atoms in total. The maximum absolute atomic E-state index is 11.0. The first-order chi connectivity index (χ1) is 9.49. The van der Waals surface area contributed by atoms with E-state index in [4.69, 9.17) is 14.9 Å². The molecule has 7 heteroatoms. The summed E-state index contributed by atoms with van der Waals surface area (Å²) in [5, 5.41) is 17.5. The van der Waals surface area contributed by atoms with Crippen LogP contribution in [0.1, 0.15) is 12.8 Å². The molecule has 0 aromatic heterocycles. The predicted octanol–water partition coefficient (Wildman–Crippen LogP) is 1.98. The van der Waals surface area contributed by atoms with Crippen molar-refractivity contribution in [2.45, 2.75) is 12.8 Å². The van der Waals surface area contributed by atoms with E-state index < -0.39 is 26.0 Å². The van der Waals surface area contributed by atoms with E-state index in [-0.39, 0.29) is 25.4 Å². The van der Waals surface area contributed by atoms with Crippen LogP contribution in [0.4, 0.5) is 0 Å². The molecule has 1 aromatic carbocycles. The Bertz CT molecular complexity index is 436. The van der Waals surface area contributed by atoms with Gasteiger partial charge in [-0.2, -0.15) is 0 Å². The number of aliphatic carboxylic acids is 2. The van der Waals surface area contributed by atoms with Crippen molar-refractivity contribution in [3.63, 3.8) is 0 Å². The molecule has 0 spiro atoms. The highest BCUT2D eigenvalue weighted by molar-refractivity contribution is 7.51. The van der Waals surface area contributed by atoms with Gasteiger partial charge in [0.05, 0.1) is 14.1 Å². The first-order valence-electron chi connectivity index (χ1n) is 6.05. The average molecular weight is 300 g/mol. The van der Waals surface area contributed by atoms with Gasteiger partial charge in [0.2, 0.25) is 0 Å². The van der Waals surface area contributed by atoms with Crippen LogP contribution < -0.4 is 4.74 Å². The number of hydrogen-bond donors (Lipinski definition) is 3. The highest BCUT2D eigenvalue weighted by Crippen LogP contribution is 2.34. The van der Waals surface area contributed by atoms with Gasteiger partial charge in [-0.25, -0.2) is 0 Å². The van der Waals surface area contributed by atoms with Crippen LogP contribution in [0.2, 0.25) is 0 Å². The Balaban J connectivity index is 2.39. The van der Waals surface area contributed by atoms with Crippen LogP contribution in [-0.2, 0) is 9.59 Å². The van der Waals surface area contributed by atoms with E-state index in [1.807, 2.05) is 6.07 Å². The molecule has 3 N–H and O–H groups in total. The molecular weight excluding hydrogens is 283 g/mol. The molecule has 0 amide bonds. The summed E-state index contributed by atoms with van der Waals surface area (Å²) in [6.45, 7) is 0. The average Bonchev–Trinajstić information content (AvgIpc) is 2.41. The number of hydrogen-bond acceptors (Lipinski definition) is 4. The van der Waals surface area contributed by atoms with E-state index in [1.54, 1.807) is 24.3 Å². The zero-order chi connectivity index (χ0) is 15.0. The van der Waals surface area contributed by atoms with Crippen LogP contribution in [0.5, 0.6) is 5.75 Å². The largest absolute Gasteiger partial charge is 0.487 e. The number of carbonyl (C=O) groups is 2. The van der Waals surface area contributed by atoms with Crippen molar-refractivity contribution in [1.29, 1.82) is 0 Å². The fourth-order valence-corrected chi connectivity index (χ4v) is 2.81. The van der Waals surface area contributed by atoms with Gasteiger partial charge in [-0.3, -0.25) is 9.59 Å². The molecule has 1 aromatic rings. The molecule has 110 valence electrons. The SMILES string of the molecule is O=C(O)CCC(CP(O)COc1ccccc1)C(=O)O. The molecule has 0 heterocycles. The summed E-state index contributed by atoms with van der Waals surface area (Å²) in [5.74, 6) is -2.39. The Morgan fingerprint density at radius 1 is 1.20 bits per heavy atom. The van der Waals surface area contributed by atoms with Gasteiger partial charge < -0.3 is 19.8 Å². The minimum absolute atomic E-state index is 0.00932. The van der Waals surface area contributed by atoms with Crippen molar-refractivity contribution in [1.82, 2.24) is 0 Å². The smallest absolute Gasteiger partial charge is 0.306 e. The Morgan fingerprint density at radius 2 is 1.85 bits per heavy atom. The van der Waals surface area contributed by atoms with Crippen LogP contribution in [0.25, 0.3) is 0 Å². The summed E-state index contributed by atoms with van der Waals surface area (Å²) in [4.78, 5) is 31.3. The Morgan fingerprint density at radius 3 is 2.40 bits per heavy atom. The molecule has 0 aliphatic carbocycles. The molecule has 0 aliphatic heterocycles. The maximum Gasteiger partial charge on any atom is 0.306 e. The van der Waals surface area contributed by atoms with Crippen LogP contribution in [0.15, 0.2) is 30.3 Å². The molecule has 1 rings (SSSR count). The third kappa shape index (κ3) is 6.50. The van der Waals surface area contributed by atoms with Gasteiger partial charge in [0.15, 0.2) is 0 Å². The van der Waals surface area contributed by atoms with Crippen molar-refractivity contribution >= 4 is 20.1 Å². The molecular formula is C13H17O6P. The molecule has 0 radical (unpaired) electrons. The lowest BCUT2D eigenvalue weighted by Gasteiger charge is -2.16. The van der Waals surface area contributed by atoms with Gasteiger partial charge in [-0.15, -0.1) is 0 Å². The normalized spacial score (nSPS) is 13.4. The monoisotopic (exact) mass is 300 g/mol. The summed E-state index contributed by atoms with van der Waals surface area (Å²) in [6.07, 6.45) is -0.143. The van der Waals surface area contributed by atoms with Gasteiger partial charge in [0.1, 0.15) is 12.1 Å². The van der Waals surface area contributed by atoms with Crippen LogP contribution in [0.3, 0.4) is 0 Å². The molecule has 0 saturated carbocycles. The zero-order valence-electron chi connectivity index (χ0n) is 10.8. The molecule has 0 saturated heterocycles. The lowest BCUT2D eigenvalue weighted by molar-refractivity contribution is -0.142. The Kier molecular flexibility index (Phi) is 6.98. The summed E-state index contributed by atoms with van der Waals surface area (Å²) < 4.78 is 5.34. The van der Waals surface area contributed by atoms with Gasteiger partial charge in [-0.05, 0) is 18.6 Å². The predicted molar refractivity (Wildman–Crippen MR) is 73.9 cm³/mol. The number of benzene rings is 1. The third-order valence-electron chi connectivity index (χ3n) is 2.61. The number of rotatable bonds is 9. The molecule has 0 bridgehead atoms. The summed E-state index contributed by atoms with van der Waals surface area (Å²) in [7, 11) is -1.60. The van der Waals surface area contributed by atoms with Gasteiger partial charge in [0, 0.05) is 12.6 Å². The number of ether oxygens (including phenoxy) is 1. The standard InChI is InChI=1S/C13H17O6P/c14-12(15)7-6-10(13(16)17)8-20(18)9-19-11-4-2-1-3-5-11/h1-5,10,18H,6-9H2,(H,14,15)(H,16,17). The van der Waals surface area contributed by atoms with Gasteiger partial charge in [0.25, 0.3) is 0 Å². The first-order valence-corrected chi connectivity index (χ1v) is 7.72. The minimum atomic E-state index is -1.60. The molecule has 0 aliphatic rings. The third-order valence-corrected chi connectivity index (χ3v) is 3.90. The van der Waals surface area contributed by atoms with E-state index in [0.717, 1.165) is 0 Å². The highest BCUT2D eigenvalue weighted by Gasteiger charge is 2.22. The number of carboxylic acids is 2. The fourth-order valence-electron chi connectivity index (χ4n) is 1.56. The minimum Gasteiger partial charge on any atom is -0.487 e. The maximum atomic E-state index is 11.0. The second kappa shape index (κ2) is 8.51. The second-order valence-electron chi connectivity index (χ2n) is 4.24. The number of para-hydroxylation sites is 1.